The molecule has 0 aliphatic carbocycles. The lowest BCUT2D eigenvalue weighted by Crippen LogP contribution is -2.01. The van der Waals surface area contributed by atoms with Gasteiger partial charge in [0.05, 0.1) is 5.56 Å². The predicted molar refractivity (Wildman–Crippen MR) is 70.7 cm³/mol. The second kappa shape index (κ2) is 4.65. The Morgan fingerprint density at radius 2 is 1.75 bits per heavy atom. The first-order valence-corrected chi connectivity index (χ1v) is 5.84. The molecule has 0 unspecified atom stereocenters. The van der Waals surface area contributed by atoms with E-state index in [4.69, 9.17) is 0 Å². The van der Waals surface area contributed by atoms with Crippen molar-refractivity contribution in [3.05, 3.63) is 63.2 Å². The number of ketones is 1. The summed E-state index contributed by atoms with van der Waals surface area (Å²) in [5, 5.41) is 9.70. The molecule has 0 saturated heterocycles. The summed E-state index contributed by atoms with van der Waals surface area (Å²) < 4.78 is 0.903. The zero-order valence-electron chi connectivity index (χ0n) is 8.35. The molecule has 0 aromatic heterocycles. The van der Waals surface area contributed by atoms with Crippen LogP contribution in [-0.2, 0) is 0 Å². The molecule has 3 heteroatoms. The van der Waals surface area contributed by atoms with Crippen LogP contribution in [0.15, 0.2) is 48.5 Å². The zero-order chi connectivity index (χ0) is 11.5. The molecule has 0 atom stereocenters. The SMILES string of the molecule is O=C(c1ccccc1)c1ccc(I)cc1O. The normalized spacial score (nSPS) is 10.1. The number of halogens is 1. The van der Waals surface area contributed by atoms with E-state index in [0.29, 0.717) is 11.1 Å². The molecule has 0 fully saturated rings. The van der Waals surface area contributed by atoms with Crippen molar-refractivity contribution < 1.29 is 9.90 Å². The van der Waals surface area contributed by atoms with Gasteiger partial charge in [-0.1, -0.05) is 30.3 Å². The van der Waals surface area contributed by atoms with Crippen LogP contribution in [0.3, 0.4) is 0 Å². The Morgan fingerprint density at radius 3 is 2.38 bits per heavy atom. The molecule has 0 amide bonds. The van der Waals surface area contributed by atoms with E-state index in [9.17, 15) is 9.90 Å². The highest BCUT2D eigenvalue weighted by atomic mass is 127. The van der Waals surface area contributed by atoms with Crippen molar-refractivity contribution in [3.8, 4) is 5.75 Å². The Labute approximate surface area is 107 Å². The third-order valence-corrected chi connectivity index (χ3v) is 2.91. The Bertz CT molecular complexity index is 521. The minimum Gasteiger partial charge on any atom is -0.507 e. The fraction of sp³-hybridized carbons (Fsp3) is 0. The number of hydrogen-bond donors (Lipinski definition) is 1. The van der Waals surface area contributed by atoms with E-state index in [0.717, 1.165) is 3.57 Å². The Morgan fingerprint density at radius 1 is 1.06 bits per heavy atom. The lowest BCUT2D eigenvalue weighted by atomic mass is 10.0. The summed E-state index contributed by atoms with van der Waals surface area (Å²) in [6, 6.07) is 14.0. The molecule has 0 aliphatic rings. The summed E-state index contributed by atoms with van der Waals surface area (Å²) in [7, 11) is 0. The molecule has 2 aromatic rings. The first kappa shape index (κ1) is 11.1. The van der Waals surface area contributed by atoms with Crippen molar-refractivity contribution in [2.75, 3.05) is 0 Å². The number of phenolic OH excluding ortho intramolecular Hbond substituents is 1. The summed E-state index contributed by atoms with van der Waals surface area (Å²) in [5.41, 5.74) is 0.922. The topological polar surface area (TPSA) is 37.3 Å². The van der Waals surface area contributed by atoms with Crippen LogP contribution in [0.5, 0.6) is 5.75 Å². The highest BCUT2D eigenvalue weighted by Crippen LogP contribution is 2.22. The maximum atomic E-state index is 12.0. The van der Waals surface area contributed by atoms with E-state index in [1.165, 1.54) is 0 Å². The molecular formula is C13H9IO2. The lowest BCUT2D eigenvalue weighted by molar-refractivity contribution is 0.103. The van der Waals surface area contributed by atoms with Crippen molar-refractivity contribution in [3.63, 3.8) is 0 Å². The van der Waals surface area contributed by atoms with Gasteiger partial charge in [-0.2, -0.15) is 0 Å². The van der Waals surface area contributed by atoms with Crippen LogP contribution >= 0.6 is 22.6 Å². The molecule has 0 saturated carbocycles. The number of aromatic hydroxyl groups is 1. The van der Waals surface area contributed by atoms with Crippen LogP contribution in [0.2, 0.25) is 0 Å². The Kier molecular flexibility index (Phi) is 3.24. The third-order valence-electron chi connectivity index (χ3n) is 2.24. The van der Waals surface area contributed by atoms with Gasteiger partial charge in [0, 0.05) is 9.13 Å². The van der Waals surface area contributed by atoms with Crippen molar-refractivity contribution in [2.45, 2.75) is 0 Å². The van der Waals surface area contributed by atoms with Crippen molar-refractivity contribution in [2.24, 2.45) is 0 Å². The highest BCUT2D eigenvalue weighted by Gasteiger charge is 2.12. The van der Waals surface area contributed by atoms with Gasteiger partial charge in [-0.3, -0.25) is 4.79 Å². The quantitative estimate of drug-likeness (QED) is 0.680. The molecule has 0 aliphatic heterocycles. The molecule has 2 aromatic carbocycles. The van der Waals surface area contributed by atoms with Gasteiger partial charge in [0.25, 0.3) is 0 Å². The average molecular weight is 324 g/mol. The standard InChI is InChI=1S/C13H9IO2/c14-10-6-7-11(12(15)8-10)13(16)9-4-2-1-3-5-9/h1-8,15H. The van der Waals surface area contributed by atoms with Crippen LogP contribution in [0, 0.1) is 3.57 Å². The molecule has 2 nitrogen and oxygen atoms in total. The van der Waals surface area contributed by atoms with E-state index in [1.807, 2.05) is 6.07 Å². The minimum atomic E-state index is -0.158. The second-order valence-electron chi connectivity index (χ2n) is 3.36. The number of benzene rings is 2. The van der Waals surface area contributed by atoms with Crippen LogP contribution in [0.1, 0.15) is 15.9 Å². The molecule has 1 N–H and O–H groups in total. The first-order valence-electron chi connectivity index (χ1n) is 4.77. The summed E-state index contributed by atoms with van der Waals surface area (Å²) in [6.07, 6.45) is 0. The average Bonchev–Trinajstić information content (AvgIpc) is 2.29. The monoisotopic (exact) mass is 324 g/mol. The van der Waals surface area contributed by atoms with Gasteiger partial charge < -0.3 is 5.11 Å². The summed E-state index contributed by atoms with van der Waals surface area (Å²) in [4.78, 5) is 12.0. The number of rotatable bonds is 2. The van der Waals surface area contributed by atoms with Crippen LogP contribution in [0.4, 0.5) is 0 Å². The van der Waals surface area contributed by atoms with E-state index in [2.05, 4.69) is 22.6 Å². The van der Waals surface area contributed by atoms with Crippen LogP contribution in [-0.4, -0.2) is 10.9 Å². The molecule has 0 heterocycles. The molecule has 0 bridgehead atoms. The lowest BCUT2D eigenvalue weighted by Gasteiger charge is -2.04. The smallest absolute Gasteiger partial charge is 0.196 e. The number of carbonyl (C=O) groups excluding carboxylic acids is 1. The van der Waals surface area contributed by atoms with Gasteiger partial charge in [-0.05, 0) is 40.8 Å². The van der Waals surface area contributed by atoms with Gasteiger partial charge in [0.15, 0.2) is 5.78 Å². The largest absolute Gasteiger partial charge is 0.507 e. The first-order chi connectivity index (χ1) is 7.68. The maximum absolute atomic E-state index is 12.0. The molecule has 0 radical (unpaired) electrons. The van der Waals surface area contributed by atoms with Gasteiger partial charge in [-0.15, -0.1) is 0 Å². The van der Waals surface area contributed by atoms with E-state index in [1.54, 1.807) is 42.5 Å². The molecular weight excluding hydrogens is 315 g/mol. The van der Waals surface area contributed by atoms with Crippen LogP contribution in [0.25, 0.3) is 0 Å². The Hall–Kier alpha value is -1.36. The van der Waals surface area contributed by atoms with Crippen LogP contribution < -0.4 is 0 Å². The van der Waals surface area contributed by atoms with Gasteiger partial charge in [0.1, 0.15) is 5.75 Å². The maximum Gasteiger partial charge on any atom is 0.196 e. The fourth-order valence-electron chi connectivity index (χ4n) is 1.44. The summed E-state index contributed by atoms with van der Waals surface area (Å²) in [6.45, 7) is 0. The molecule has 80 valence electrons. The van der Waals surface area contributed by atoms with Gasteiger partial charge >= 0.3 is 0 Å². The predicted octanol–water partition coefficient (Wildman–Crippen LogP) is 3.23. The van der Waals surface area contributed by atoms with Crippen molar-refractivity contribution >= 4 is 28.4 Å². The molecule has 16 heavy (non-hydrogen) atoms. The fourth-order valence-corrected chi connectivity index (χ4v) is 1.92. The number of phenols is 1. The zero-order valence-corrected chi connectivity index (χ0v) is 10.5. The highest BCUT2D eigenvalue weighted by molar-refractivity contribution is 14.1. The van der Waals surface area contributed by atoms with Crippen molar-refractivity contribution in [1.29, 1.82) is 0 Å². The molecule has 0 spiro atoms. The van der Waals surface area contributed by atoms with E-state index >= 15 is 0 Å². The summed E-state index contributed by atoms with van der Waals surface area (Å²) >= 11 is 2.09. The van der Waals surface area contributed by atoms with Gasteiger partial charge in [-0.25, -0.2) is 0 Å². The second-order valence-corrected chi connectivity index (χ2v) is 4.60. The Balaban J connectivity index is 2.42. The number of hydrogen-bond acceptors (Lipinski definition) is 2. The van der Waals surface area contributed by atoms with E-state index in [-0.39, 0.29) is 11.5 Å². The van der Waals surface area contributed by atoms with Gasteiger partial charge in [0.2, 0.25) is 0 Å². The number of carbonyl (C=O) groups is 1. The minimum absolute atomic E-state index is 0.0285. The molecule has 2 rings (SSSR count). The van der Waals surface area contributed by atoms with Crippen molar-refractivity contribution in [1.82, 2.24) is 0 Å². The summed E-state index contributed by atoms with van der Waals surface area (Å²) in [5.74, 6) is -0.129. The van der Waals surface area contributed by atoms with E-state index < -0.39 is 0 Å². The third kappa shape index (κ3) is 2.24.